The molecule has 2 heterocycles. The molecule has 2 N–H and O–H groups in total. The van der Waals surface area contributed by atoms with E-state index in [4.69, 9.17) is 0 Å². The Morgan fingerprint density at radius 3 is 2.94 bits per heavy atom. The van der Waals surface area contributed by atoms with Crippen molar-refractivity contribution in [3.63, 3.8) is 0 Å². The fourth-order valence-corrected chi connectivity index (χ4v) is 2.39. The number of rotatable bonds is 3. The minimum atomic E-state index is -0.0300. The van der Waals surface area contributed by atoms with Crippen molar-refractivity contribution >= 4 is 34.2 Å². The molecule has 0 radical (unpaired) electrons. The van der Waals surface area contributed by atoms with Crippen LogP contribution in [0.15, 0.2) is 28.4 Å². The van der Waals surface area contributed by atoms with Crippen LogP contribution in [0, 0.1) is 0 Å². The molecular weight excluding hydrogens is 318 g/mol. The van der Waals surface area contributed by atoms with Crippen molar-refractivity contribution in [3.8, 4) is 0 Å². The van der Waals surface area contributed by atoms with Crippen LogP contribution in [0.3, 0.4) is 0 Å². The molecule has 6 heteroatoms. The second kappa shape index (κ2) is 6.97. The Morgan fingerprint density at radius 1 is 1.61 bits per heavy atom. The highest BCUT2D eigenvalue weighted by atomic mass is 79.9. The highest BCUT2D eigenvalue weighted by molar-refractivity contribution is 9.10. The van der Waals surface area contributed by atoms with E-state index in [1.54, 1.807) is 0 Å². The highest BCUT2D eigenvalue weighted by Gasteiger charge is 2.11. The third kappa shape index (κ3) is 3.86. The standard InChI is InChI=1S/C12H16BrN3O.ClH/c1-16-8-10(13)6-11(16)12(17)15-7-9-2-4-14-5-3-9;/h2,6,8,14H,3-5,7H2,1H3,(H,15,17);1H. The summed E-state index contributed by atoms with van der Waals surface area (Å²) in [6.07, 6.45) is 5.03. The first kappa shape index (κ1) is 15.3. The van der Waals surface area contributed by atoms with Gasteiger partial charge in [0.15, 0.2) is 0 Å². The number of aryl methyl sites for hydroxylation is 1. The van der Waals surface area contributed by atoms with Crippen LogP contribution in [0.25, 0.3) is 0 Å². The van der Waals surface area contributed by atoms with Crippen molar-refractivity contribution in [2.45, 2.75) is 6.42 Å². The van der Waals surface area contributed by atoms with Gasteiger partial charge in [-0.2, -0.15) is 0 Å². The minimum absolute atomic E-state index is 0. The van der Waals surface area contributed by atoms with E-state index in [0.717, 1.165) is 24.0 Å². The lowest BCUT2D eigenvalue weighted by Gasteiger charge is -2.14. The number of aromatic nitrogens is 1. The Kier molecular flexibility index (Phi) is 5.91. The number of halogens is 2. The third-order valence-corrected chi connectivity index (χ3v) is 3.27. The van der Waals surface area contributed by atoms with Gasteiger partial charge in [0.2, 0.25) is 0 Å². The number of nitrogens with zero attached hydrogens (tertiary/aromatic N) is 1. The molecule has 1 amide bonds. The first-order valence-corrected chi connectivity index (χ1v) is 6.45. The smallest absolute Gasteiger partial charge is 0.268 e. The van der Waals surface area contributed by atoms with E-state index in [0.29, 0.717) is 12.2 Å². The molecule has 0 spiro atoms. The molecule has 0 saturated heterocycles. The molecule has 0 unspecified atom stereocenters. The molecular formula is C12H17BrClN3O. The summed E-state index contributed by atoms with van der Waals surface area (Å²) in [6.45, 7) is 2.54. The van der Waals surface area contributed by atoms with E-state index < -0.39 is 0 Å². The lowest BCUT2D eigenvalue weighted by molar-refractivity contribution is 0.0948. The van der Waals surface area contributed by atoms with Gasteiger partial charge in [0.25, 0.3) is 5.91 Å². The van der Waals surface area contributed by atoms with Crippen LogP contribution in [0.2, 0.25) is 0 Å². The van der Waals surface area contributed by atoms with Crippen molar-refractivity contribution in [1.82, 2.24) is 15.2 Å². The van der Waals surface area contributed by atoms with Crippen molar-refractivity contribution in [3.05, 3.63) is 34.1 Å². The zero-order valence-electron chi connectivity index (χ0n) is 10.2. The van der Waals surface area contributed by atoms with E-state index in [2.05, 4.69) is 32.6 Å². The zero-order valence-corrected chi connectivity index (χ0v) is 12.6. The molecule has 0 saturated carbocycles. The second-order valence-corrected chi connectivity index (χ2v) is 5.07. The van der Waals surface area contributed by atoms with Gasteiger partial charge in [0.1, 0.15) is 5.69 Å². The monoisotopic (exact) mass is 333 g/mol. The molecule has 1 aliphatic rings. The summed E-state index contributed by atoms with van der Waals surface area (Å²) in [4.78, 5) is 11.9. The second-order valence-electron chi connectivity index (χ2n) is 4.15. The van der Waals surface area contributed by atoms with Gasteiger partial charge in [-0.3, -0.25) is 4.79 Å². The van der Waals surface area contributed by atoms with Crippen LogP contribution in [0.5, 0.6) is 0 Å². The van der Waals surface area contributed by atoms with Crippen molar-refractivity contribution in [2.75, 3.05) is 19.6 Å². The molecule has 1 aliphatic heterocycles. The van der Waals surface area contributed by atoms with E-state index in [1.807, 2.05) is 23.9 Å². The summed E-state index contributed by atoms with van der Waals surface area (Å²) in [6, 6.07) is 1.83. The van der Waals surface area contributed by atoms with Crippen LogP contribution >= 0.6 is 28.3 Å². The predicted molar refractivity (Wildman–Crippen MR) is 78.3 cm³/mol. The van der Waals surface area contributed by atoms with E-state index in [9.17, 15) is 4.79 Å². The molecule has 1 aromatic heterocycles. The van der Waals surface area contributed by atoms with Crippen LogP contribution < -0.4 is 10.6 Å². The fraction of sp³-hybridized carbons (Fsp3) is 0.417. The molecule has 0 fully saturated rings. The summed E-state index contributed by atoms with van der Waals surface area (Å²) in [7, 11) is 1.86. The Hall–Kier alpha value is -0.780. The summed E-state index contributed by atoms with van der Waals surface area (Å²) < 4.78 is 2.74. The van der Waals surface area contributed by atoms with E-state index in [-0.39, 0.29) is 18.3 Å². The third-order valence-electron chi connectivity index (χ3n) is 2.84. The number of carbonyl (C=O) groups excluding carboxylic acids is 1. The average molecular weight is 335 g/mol. The van der Waals surface area contributed by atoms with Crippen LogP contribution in [0.4, 0.5) is 0 Å². The van der Waals surface area contributed by atoms with E-state index >= 15 is 0 Å². The van der Waals surface area contributed by atoms with Crippen molar-refractivity contribution < 1.29 is 4.79 Å². The normalized spacial score (nSPS) is 14.7. The van der Waals surface area contributed by atoms with Gasteiger partial charge >= 0.3 is 0 Å². The Labute approximate surface area is 121 Å². The van der Waals surface area contributed by atoms with Crippen LogP contribution in [0.1, 0.15) is 16.9 Å². The minimum Gasteiger partial charge on any atom is -0.347 e. The molecule has 18 heavy (non-hydrogen) atoms. The highest BCUT2D eigenvalue weighted by Crippen LogP contribution is 2.13. The lowest BCUT2D eigenvalue weighted by atomic mass is 10.1. The number of amides is 1. The van der Waals surface area contributed by atoms with Crippen LogP contribution in [-0.2, 0) is 7.05 Å². The number of nitrogens with one attached hydrogen (secondary N) is 2. The van der Waals surface area contributed by atoms with Gasteiger partial charge in [0, 0.05) is 30.8 Å². The number of carbonyl (C=O) groups is 1. The molecule has 0 aromatic carbocycles. The SMILES string of the molecule is Cl.Cn1cc(Br)cc1C(=O)NCC1=CCNCC1. The van der Waals surface area contributed by atoms with E-state index in [1.165, 1.54) is 5.57 Å². The largest absolute Gasteiger partial charge is 0.347 e. The maximum atomic E-state index is 11.9. The molecule has 100 valence electrons. The predicted octanol–water partition coefficient (Wildman–Crippen LogP) is 1.86. The average Bonchev–Trinajstić information content (AvgIpc) is 2.67. The van der Waals surface area contributed by atoms with Crippen molar-refractivity contribution in [2.24, 2.45) is 7.05 Å². The number of hydrogen-bond donors (Lipinski definition) is 2. The van der Waals surface area contributed by atoms with Gasteiger partial charge in [-0.05, 0) is 35.0 Å². The van der Waals surface area contributed by atoms with Gasteiger partial charge in [-0.15, -0.1) is 12.4 Å². The van der Waals surface area contributed by atoms with Gasteiger partial charge in [0.05, 0.1) is 0 Å². The number of hydrogen-bond acceptors (Lipinski definition) is 2. The topological polar surface area (TPSA) is 46.1 Å². The quantitative estimate of drug-likeness (QED) is 0.829. The maximum Gasteiger partial charge on any atom is 0.268 e. The molecule has 4 nitrogen and oxygen atoms in total. The Balaban J connectivity index is 0.00000162. The molecule has 1 aromatic rings. The summed E-state index contributed by atoms with van der Waals surface area (Å²) in [5.41, 5.74) is 1.97. The van der Waals surface area contributed by atoms with Gasteiger partial charge in [-0.25, -0.2) is 0 Å². The molecule has 0 atom stereocenters. The van der Waals surface area contributed by atoms with Crippen LogP contribution in [-0.4, -0.2) is 30.1 Å². The lowest BCUT2D eigenvalue weighted by Crippen LogP contribution is -2.30. The first-order chi connectivity index (χ1) is 8.16. The van der Waals surface area contributed by atoms with Crippen molar-refractivity contribution in [1.29, 1.82) is 0 Å². The summed E-state index contributed by atoms with van der Waals surface area (Å²) >= 11 is 3.36. The van der Waals surface area contributed by atoms with Gasteiger partial charge < -0.3 is 15.2 Å². The zero-order chi connectivity index (χ0) is 12.3. The first-order valence-electron chi connectivity index (χ1n) is 5.65. The maximum absolute atomic E-state index is 11.9. The molecule has 0 aliphatic carbocycles. The fourth-order valence-electron chi connectivity index (χ4n) is 1.86. The Morgan fingerprint density at radius 2 is 2.39 bits per heavy atom. The molecule has 2 rings (SSSR count). The summed E-state index contributed by atoms with van der Waals surface area (Å²) in [5, 5.41) is 6.19. The Bertz CT molecular complexity index is 456. The molecule has 0 bridgehead atoms. The summed E-state index contributed by atoms with van der Waals surface area (Å²) in [5.74, 6) is -0.0300. The van der Waals surface area contributed by atoms with Gasteiger partial charge in [-0.1, -0.05) is 11.6 Å².